The average Bonchev–Trinajstić information content (AvgIpc) is 3.39. The highest BCUT2D eigenvalue weighted by atomic mass is 32.2. The van der Waals surface area contributed by atoms with Crippen LogP contribution < -0.4 is 0 Å². The maximum absolute atomic E-state index is 14.0. The first kappa shape index (κ1) is 19.5. The van der Waals surface area contributed by atoms with Crippen LogP contribution in [-0.2, 0) is 11.3 Å². The van der Waals surface area contributed by atoms with Crippen molar-refractivity contribution in [2.24, 2.45) is 0 Å². The minimum atomic E-state index is -0.186. The Morgan fingerprint density at radius 3 is 2.71 bits per heavy atom. The molecular formula is C19H19FN4OS3. The number of halogens is 1. The molecule has 1 aliphatic rings. The normalized spacial score (nSPS) is 15.1. The zero-order valence-electron chi connectivity index (χ0n) is 15.1. The molecule has 1 saturated heterocycles. The fourth-order valence-corrected chi connectivity index (χ4v) is 5.55. The number of thiophene rings is 1. The monoisotopic (exact) mass is 434 g/mol. The van der Waals surface area contributed by atoms with Crippen LogP contribution in [0.5, 0.6) is 0 Å². The second-order valence-corrected chi connectivity index (χ2v) is 9.62. The van der Waals surface area contributed by atoms with Crippen LogP contribution in [0.3, 0.4) is 0 Å². The van der Waals surface area contributed by atoms with Crippen LogP contribution in [0.25, 0.3) is 10.4 Å². The molecule has 1 fully saturated rings. The molecule has 5 nitrogen and oxygen atoms in total. The number of aromatic nitrogens is 2. The van der Waals surface area contributed by atoms with Crippen molar-refractivity contribution < 1.29 is 9.18 Å². The summed E-state index contributed by atoms with van der Waals surface area (Å²) in [6.07, 6.45) is 0. The molecule has 1 aromatic carbocycles. The van der Waals surface area contributed by atoms with E-state index in [9.17, 15) is 9.18 Å². The molecule has 3 aromatic rings. The highest BCUT2D eigenvalue weighted by Gasteiger charge is 2.22. The topological polar surface area (TPSA) is 49.3 Å². The summed E-state index contributed by atoms with van der Waals surface area (Å²) < 4.78 is 14.8. The van der Waals surface area contributed by atoms with Gasteiger partial charge in [-0.1, -0.05) is 41.3 Å². The molecule has 4 rings (SSSR count). The second-order valence-electron chi connectivity index (χ2n) is 6.40. The van der Waals surface area contributed by atoms with Gasteiger partial charge in [-0.15, -0.1) is 21.5 Å². The molecule has 0 bridgehead atoms. The van der Waals surface area contributed by atoms with Gasteiger partial charge in [-0.2, -0.15) is 0 Å². The summed E-state index contributed by atoms with van der Waals surface area (Å²) in [5.41, 5.74) is 2.33. The molecule has 1 amide bonds. The molecule has 1 aliphatic heterocycles. The van der Waals surface area contributed by atoms with E-state index in [4.69, 9.17) is 0 Å². The number of rotatable bonds is 6. The van der Waals surface area contributed by atoms with Crippen molar-refractivity contribution in [1.29, 1.82) is 0 Å². The van der Waals surface area contributed by atoms with Crippen molar-refractivity contribution >= 4 is 40.3 Å². The fraction of sp³-hybridized carbons (Fsp3) is 0.316. The Morgan fingerprint density at radius 1 is 1.14 bits per heavy atom. The van der Waals surface area contributed by atoms with Gasteiger partial charge in [0.15, 0.2) is 4.34 Å². The molecular weight excluding hydrogens is 415 g/mol. The van der Waals surface area contributed by atoms with Crippen molar-refractivity contribution in [3.63, 3.8) is 0 Å². The van der Waals surface area contributed by atoms with Gasteiger partial charge < -0.3 is 4.90 Å². The lowest BCUT2D eigenvalue weighted by Crippen LogP contribution is -2.48. The zero-order valence-corrected chi connectivity index (χ0v) is 17.5. The van der Waals surface area contributed by atoms with Gasteiger partial charge in [0.2, 0.25) is 5.91 Å². The van der Waals surface area contributed by atoms with E-state index in [1.165, 1.54) is 34.0 Å². The van der Waals surface area contributed by atoms with E-state index >= 15 is 0 Å². The number of hydrogen-bond donors (Lipinski definition) is 0. The molecule has 0 atom stereocenters. The van der Waals surface area contributed by atoms with Crippen LogP contribution in [0, 0.1) is 5.82 Å². The van der Waals surface area contributed by atoms with Crippen molar-refractivity contribution in [3.05, 3.63) is 52.6 Å². The smallest absolute Gasteiger partial charge is 0.233 e. The van der Waals surface area contributed by atoms with Gasteiger partial charge in [-0.05, 0) is 18.2 Å². The van der Waals surface area contributed by atoms with Gasteiger partial charge in [0.25, 0.3) is 0 Å². The predicted octanol–water partition coefficient (Wildman–Crippen LogP) is 3.84. The van der Waals surface area contributed by atoms with Crippen molar-refractivity contribution in [2.45, 2.75) is 10.9 Å². The molecule has 0 N–H and O–H groups in total. The van der Waals surface area contributed by atoms with Gasteiger partial charge in [-0.25, -0.2) is 4.39 Å². The minimum Gasteiger partial charge on any atom is -0.339 e. The largest absolute Gasteiger partial charge is 0.339 e. The number of piperazine rings is 1. The summed E-state index contributed by atoms with van der Waals surface area (Å²) in [6, 6.07) is 10.9. The zero-order chi connectivity index (χ0) is 19.3. The van der Waals surface area contributed by atoms with Gasteiger partial charge in [0.05, 0.1) is 5.75 Å². The second kappa shape index (κ2) is 9.13. The van der Waals surface area contributed by atoms with Gasteiger partial charge in [0, 0.05) is 48.0 Å². The van der Waals surface area contributed by atoms with Gasteiger partial charge in [0.1, 0.15) is 11.3 Å². The summed E-state index contributed by atoms with van der Waals surface area (Å²) in [7, 11) is 0. The van der Waals surface area contributed by atoms with Crippen LogP contribution in [0.15, 0.2) is 46.2 Å². The fourth-order valence-electron chi connectivity index (χ4n) is 3.09. The first-order chi connectivity index (χ1) is 13.7. The maximum Gasteiger partial charge on any atom is 0.233 e. The van der Waals surface area contributed by atoms with E-state index in [2.05, 4.69) is 21.2 Å². The summed E-state index contributed by atoms with van der Waals surface area (Å²) in [4.78, 5) is 18.8. The molecule has 0 aliphatic carbocycles. The van der Waals surface area contributed by atoms with Crippen LogP contribution in [0.1, 0.15) is 4.88 Å². The van der Waals surface area contributed by atoms with Crippen molar-refractivity contribution in [1.82, 2.24) is 20.0 Å². The number of amides is 1. The van der Waals surface area contributed by atoms with E-state index in [0.29, 0.717) is 11.3 Å². The molecule has 0 radical (unpaired) electrons. The van der Waals surface area contributed by atoms with Gasteiger partial charge >= 0.3 is 0 Å². The molecule has 0 unspecified atom stereocenters. The lowest BCUT2D eigenvalue weighted by Gasteiger charge is -2.34. The number of benzene rings is 1. The third kappa shape index (κ3) is 4.78. The van der Waals surface area contributed by atoms with Crippen molar-refractivity contribution in [3.8, 4) is 10.4 Å². The van der Waals surface area contributed by atoms with E-state index < -0.39 is 0 Å². The quantitative estimate of drug-likeness (QED) is 0.552. The minimum absolute atomic E-state index is 0.151. The lowest BCUT2D eigenvalue weighted by molar-refractivity contribution is -0.130. The number of hydrogen-bond acceptors (Lipinski definition) is 7. The van der Waals surface area contributed by atoms with Crippen LogP contribution in [0.2, 0.25) is 0 Å². The molecule has 0 saturated carbocycles. The first-order valence-electron chi connectivity index (χ1n) is 8.92. The summed E-state index contributed by atoms with van der Waals surface area (Å²) in [6.45, 7) is 4.01. The highest BCUT2D eigenvalue weighted by Crippen LogP contribution is 2.30. The molecule has 146 valence electrons. The molecule has 9 heteroatoms. The molecule has 28 heavy (non-hydrogen) atoms. The summed E-state index contributed by atoms with van der Waals surface area (Å²) >= 11 is 4.53. The summed E-state index contributed by atoms with van der Waals surface area (Å²) in [5, 5.41) is 7.74. The maximum atomic E-state index is 14.0. The third-order valence-electron chi connectivity index (χ3n) is 4.56. The first-order valence-corrected chi connectivity index (χ1v) is 11.6. The van der Waals surface area contributed by atoms with E-state index in [0.717, 1.165) is 41.9 Å². The van der Waals surface area contributed by atoms with E-state index in [1.807, 2.05) is 23.1 Å². The Balaban J connectivity index is 1.27. The van der Waals surface area contributed by atoms with Crippen LogP contribution >= 0.6 is 34.4 Å². The number of carbonyl (C=O) groups excluding carboxylic acids is 1. The van der Waals surface area contributed by atoms with E-state index in [-0.39, 0.29) is 11.7 Å². The molecule has 3 heterocycles. The average molecular weight is 435 g/mol. The van der Waals surface area contributed by atoms with Gasteiger partial charge in [-0.3, -0.25) is 9.69 Å². The number of nitrogens with zero attached hydrogens (tertiary/aromatic N) is 4. The predicted molar refractivity (Wildman–Crippen MR) is 112 cm³/mol. The Morgan fingerprint density at radius 2 is 1.96 bits per heavy atom. The third-order valence-corrected chi connectivity index (χ3v) is 7.51. The standard InChI is InChI=1S/C19H19FN4OS3/c20-16-4-2-1-3-15(16)17-6-5-14(28-17)11-23-7-9-24(10-8-23)18(25)12-26-19-22-21-13-27-19/h1-6,13H,7-12H2. The number of carbonyl (C=O) groups is 1. The molecule has 2 aromatic heterocycles. The van der Waals surface area contributed by atoms with E-state index in [1.54, 1.807) is 22.9 Å². The Bertz CT molecular complexity index is 923. The van der Waals surface area contributed by atoms with Crippen LogP contribution in [-0.4, -0.2) is 57.8 Å². The number of thioether (sulfide) groups is 1. The van der Waals surface area contributed by atoms with Crippen LogP contribution in [0.4, 0.5) is 4.39 Å². The Kier molecular flexibility index (Phi) is 6.36. The highest BCUT2D eigenvalue weighted by molar-refractivity contribution is 8.01. The lowest BCUT2D eigenvalue weighted by atomic mass is 10.2. The SMILES string of the molecule is O=C(CSc1nncs1)N1CCN(Cc2ccc(-c3ccccc3F)s2)CC1. The summed E-state index contributed by atoms with van der Waals surface area (Å²) in [5.74, 6) is 0.374. The molecule has 0 spiro atoms. The van der Waals surface area contributed by atoms with Crippen molar-refractivity contribution in [2.75, 3.05) is 31.9 Å². The Hall–Kier alpha value is -1.81. The Labute approximate surface area is 175 Å².